The molecule has 4 atom stereocenters. The molecular formula is C20H29NO2. The first-order valence-corrected chi connectivity index (χ1v) is 9.10. The maximum atomic E-state index is 9.82. The van der Waals surface area contributed by atoms with Crippen molar-refractivity contribution in [3.05, 3.63) is 35.9 Å². The molecule has 1 N–H and O–H groups in total. The fourth-order valence-electron chi connectivity index (χ4n) is 5.25. The van der Waals surface area contributed by atoms with E-state index in [-0.39, 0.29) is 16.6 Å². The highest BCUT2D eigenvalue weighted by molar-refractivity contribution is 5.27. The van der Waals surface area contributed by atoms with Gasteiger partial charge in [0.25, 0.3) is 0 Å². The van der Waals surface area contributed by atoms with Crippen LogP contribution in [0.25, 0.3) is 0 Å². The van der Waals surface area contributed by atoms with Crippen LogP contribution >= 0.6 is 0 Å². The molecular weight excluding hydrogens is 286 g/mol. The average molecular weight is 315 g/mol. The summed E-state index contributed by atoms with van der Waals surface area (Å²) < 4.78 is 5.97. The van der Waals surface area contributed by atoms with Crippen LogP contribution in [0.5, 0.6) is 0 Å². The molecule has 3 heteroatoms. The van der Waals surface area contributed by atoms with E-state index in [4.69, 9.17) is 4.74 Å². The third-order valence-corrected chi connectivity index (χ3v) is 6.76. The first kappa shape index (κ1) is 15.6. The van der Waals surface area contributed by atoms with Gasteiger partial charge >= 0.3 is 0 Å². The molecule has 0 radical (unpaired) electrons. The van der Waals surface area contributed by atoms with Crippen LogP contribution in [0.4, 0.5) is 0 Å². The van der Waals surface area contributed by atoms with E-state index in [9.17, 15) is 5.11 Å². The molecule has 0 saturated carbocycles. The molecule has 1 aromatic rings. The Hall–Kier alpha value is -0.900. The highest BCUT2D eigenvalue weighted by Crippen LogP contribution is 2.50. The van der Waals surface area contributed by atoms with E-state index in [0.717, 1.165) is 38.8 Å². The van der Waals surface area contributed by atoms with Crippen molar-refractivity contribution in [3.8, 4) is 0 Å². The molecule has 0 aliphatic carbocycles. The van der Waals surface area contributed by atoms with Gasteiger partial charge in [-0.15, -0.1) is 0 Å². The highest BCUT2D eigenvalue weighted by Gasteiger charge is 2.53. The van der Waals surface area contributed by atoms with Crippen LogP contribution in [-0.4, -0.2) is 40.5 Å². The lowest BCUT2D eigenvalue weighted by Gasteiger charge is -2.58. The van der Waals surface area contributed by atoms with Crippen LogP contribution < -0.4 is 0 Å². The van der Waals surface area contributed by atoms with Crippen LogP contribution in [0.2, 0.25) is 0 Å². The standard InChI is InChI=1S/C20H29NO2/c1-18(16-6-4-3-5-7-16)10-11-19(2)14-20(9-8-17(22)23-20)12-13-21(19)15-18/h3-7,17,22H,8-15H2,1-2H3. The van der Waals surface area contributed by atoms with Gasteiger partial charge in [0.15, 0.2) is 6.29 Å². The third-order valence-electron chi connectivity index (χ3n) is 6.76. The molecule has 3 fully saturated rings. The van der Waals surface area contributed by atoms with E-state index in [1.165, 1.54) is 18.4 Å². The van der Waals surface area contributed by atoms with Crippen LogP contribution in [0.3, 0.4) is 0 Å². The monoisotopic (exact) mass is 315 g/mol. The fraction of sp³-hybridized carbons (Fsp3) is 0.700. The smallest absolute Gasteiger partial charge is 0.155 e. The Morgan fingerprint density at radius 1 is 1.09 bits per heavy atom. The summed E-state index contributed by atoms with van der Waals surface area (Å²) in [7, 11) is 0. The van der Waals surface area contributed by atoms with Gasteiger partial charge in [-0.25, -0.2) is 0 Å². The SMILES string of the molecule is CC1(c2ccccc2)CCC2(C)CC3(CCC(O)O3)CCN2C1. The molecule has 3 aliphatic rings. The molecule has 3 heterocycles. The Labute approximate surface area is 139 Å². The lowest BCUT2D eigenvalue weighted by Crippen LogP contribution is -2.63. The Balaban J connectivity index is 1.54. The molecule has 4 rings (SSSR count). The number of rotatable bonds is 1. The number of aliphatic hydroxyl groups excluding tert-OH is 1. The van der Waals surface area contributed by atoms with Crippen molar-refractivity contribution in [1.29, 1.82) is 0 Å². The average Bonchev–Trinajstić information content (AvgIpc) is 2.90. The van der Waals surface area contributed by atoms with Gasteiger partial charge in [0.2, 0.25) is 0 Å². The molecule has 3 saturated heterocycles. The second-order valence-corrected chi connectivity index (χ2v) is 8.57. The van der Waals surface area contributed by atoms with Crippen molar-refractivity contribution in [1.82, 2.24) is 4.90 Å². The zero-order chi connectivity index (χ0) is 16.1. The molecule has 0 aromatic heterocycles. The Morgan fingerprint density at radius 2 is 1.87 bits per heavy atom. The van der Waals surface area contributed by atoms with E-state index < -0.39 is 6.29 Å². The summed E-state index contributed by atoms with van der Waals surface area (Å²) in [6, 6.07) is 11.0. The van der Waals surface area contributed by atoms with Crippen LogP contribution in [-0.2, 0) is 10.2 Å². The van der Waals surface area contributed by atoms with Crippen molar-refractivity contribution >= 4 is 0 Å². The summed E-state index contributed by atoms with van der Waals surface area (Å²) in [5.74, 6) is 0. The minimum absolute atomic E-state index is 0.0643. The summed E-state index contributed by atoms with van der Waals surface area (Å²) in [6.07, 6.45) is 5.85. The highest BCUT2D eigenvalue weighted by atomic mass is 16.6. The lowest BCUT2D eigenvalue weighted by molar-refractivity contribution is -0.180. The quantitative estimate of drug-likeness (QED) is 0.861. The van der Waals surface area contributed by atoms with Gasteiger partial charge in [0.05, 0.1) is 5.60 Å². The Bertz CT molecular complexity index is 576. The molecule has 4 unspecified atom stereocenters. The van der Waals surface area contributed by atoms with Crippen LogP contribution in [0, 0.1) is 0 Å². The molecule has 126 valence electrons. The number of benzene rings is 1. The summed E-state index contributed by atoms with van der Waals surface area (Å²) in [5.41, 5.74) is 1.87. The second kappa shape index (κ2) is 5.30. The van der Waals surface area contributed by atoms with E-state index in [0.29, 0.717) is 0 Å². The third kappa shape index (κ3) is 2.63. The predicted octanol–water partition coefficient (Wildman–Crippen LogP) is 3.46. The number of nitrogens with zero attached hydrogens (tertiary/aromatic N) is 1. The summed E-state index contributed by atoms with van der Waals surface area (Å²) >= 11 is 0. The molecule has 3 nitrogen and oxygen atoms in total. The van der Waals surface area contributed by atoms with Gasteiger partial charge in [0.1, 0.15) is 0 Å². The van der Waals surface area contributed by atoms with Gasteiger partial charge in [-0.2, -0.15) is 0 Å². The summed E-state index contributed by atoms with van der Waals surface area (Å²) in [4.78, 5) is 2.70. The van der Waals surface area contributed by atoms with Gasteiger partial charge in [-0.1, -0.05) is 37.3 Å². The largest absolute Gasteiger partial charge is 0.368 e. The molecule has 1 aromatic carbocycles. The summed E-state index contributed by atoms with van der Waals surface area (Å²) in [6.45, 7) is 7.05. The predicted molar refractivity (Wildman–Crippen MR) is 91.3 cm³/mol. The molecule has 0 amide bonds. The van der Waals surface area contributed by atoms with Gasteiger partial charge in [-0.3, -0.25) is 4.90 Å². The number of ether oxygens (including phenoxy) is 1. The molecule has 3 aliphatic heterocycles. The number of hydrogen-bond acceptors (Lipinski definition) is 3. The van der Waals surface area contributed by atoms with E-state index in [2.05, 4.69) is 49.1 Å². The van der Waals surface area contributed by atoms with Gasteiger partial charge in [0, 0.05) is 30.5 Å². The maximum absolute atomic E-state index is 9.82. The normalized spacial score (nSPS) is 44.4. The maximum Gasteiger partial charge on any atom is 0.155 e. The minimum atomic E-state index is -0.539. The van der Waals surface area contributed by atoms with Crippen molar-refractivity contribution in [2.75, 3.05) is 13.1 Å². The van der Waals surface area contributed by atoms with E-state index in [1.807, 2.05) is 0 Å². The van der Waals surface area contributed by atoms with Gasteiger partial charge < -0.3 is 9.84 Å². The lowest BCUT2D eigenvalue weighted by atomic mass is 9.65. The Kier molecular flexibility index (Phi) is 3.60. The topological polar surface area (TPSA) is 32.7 Å². The number of hydrogen-bond donors (Lipinski definition) is 1. The van der Waals surface area contributed by atoms with Crippen LogP contribution in [0.15, 0.2) is 30.3 Å². The van der Waals surface area contributed by atoms with E-state index >= 15 is 0 Å². The fourth-order valence-corrected chi connectivity index (χ4v) is 5.25. The van der Waals surface area contributed by atoms with Gasteiger partial charge in [-0.05, 0) is 44.6 Å². The first-order valence-electron chi connectivity index (χ1n) is 9.10. The Morgan fingerprint density at radius 3 is 2.57 bits per heavy atom. The summed E-state index contributed by atoms with van der Waals surface area (Å²) in [5, 5.41) is 9.82. The number of aliphatic hydroxyl groups is 1. The van der Waals surface area contributed by atoms with E-state index in [1.54, 1.807) is 0 Å². The zero-order valence-corrected chi connectivity index (χ0v) is 14.4. The molecule has 23 heavy (non-hydrogen) atoms. The minimum Gasteiger partial charge on any atom is -0.368 e. The van der Waals surface area contributed by atoms with Crippen molar-refractivity contribution in [3.63, 3.8) is 0 Å². The van der Waals surface area contributed by atoms with Crippen molar-refractivity contribution < 1.29 is 9.84 Å². The first-order chi connectivity index (χ1) is 10.9. The number of fused-ring (bicyclic) bond motifs is 1. The van der Waals surface area contributed by atoms with Crippen LogP contribution in [0.1, 0.15) is 57.9 Å². The molecule has 0 bridgehead atoms. The number of piperidine rings is 2. The molecule has 1 spiro atoms. The van der Waals surface area contributed by atoms with Crippen molar-refractivity contribution in [2.45, 2.75) is 75.2 Å². The zero-order valence-electron chi connectivity index (χ0n) is 14.4. The van der Waals surface area contributed by atoms with Crippen molar-refractivity contribution in [2.24, 2.45) is 0 Å². The second-order valence-electron chi connectivity index (χ2n) is 8.57.